The van der Waals surface area contributed by atoms with Gasteiger partial charge in [0.1, 0.15) is 4.99 Å². The molecule has 3 heteroatoms. The smallest absolute Gasteiger partial charge is 0.106 e. The molecule has 2 rings (SSSR count). The van der Waals surface area contributed by atoms with Crippen LogP contribution in [-0.2, 0) is 0 Å². The van der Waals surface area contributed by atoms with Gasteiger partial charge >= 0.3 is 0 Å². The second-order valence-electron chi connectivity index (χ2n) is 6.37. The summed E-state index contributed by atoms with van der Waals surface area (Å²) in [6.07, 6.45) is 5.26. The minimum absolute atomic E-state index is 0.510. The lowest BCUT2D eigenvalue weighted by atomic mass is 10.0. The molecule has 0 aliphatic heterocycles. The highest BCUT2D eigenvalue weighted by Gasteiger charge is 2.25. The van der Waals surface area contributed by atoms with Crippen LogP contribution in [0.2, 0.25) is 0 Å². The Hall–Kier alpha value is -1.09. The average Bonchev–Trinajstić information content (AvgIpc) is 2.89. The van der Waals surface area contributed by atoms with E-state index in [1.807, 2.05) is 0 Å². The van der Waals surface area contributed by atoms with Crippen molar-refractivity contribution in [3.8, 4) is 0 Å². The summed E-state index contributed by atoms with van der Waals surface area (Å²) >= 11 is 5.27. The number of anilines is 1. The van der Waals surface area contributed by atoms with Crippen LogP contribution in [0.4, 0.5) is 5.69 Å². The van der Waals surface area contributed by atoms with Crippen molar-refractivity contribution in [2.45, 2.75) is 52.5 Å². The van der Waals surface area contributed by atoms with E-state index < -0.39 is 0 Å². The van der Waals surface area contributed by atoms with Crippen molar-refractivity contribution in [1.82, 2.24) is 0 Å². The Morgan fingerprint density at radius 2 is 2.00 bits per heavy atom. The van der Waals surface area contributed by atoms with Crippen LogP contribution in [0.3, 0.4) is 0 Å². The predicted molar refractivity (Wildman–Crippen MR) is 91.5 cm³/mol. The van der Waals surface area contributed by atoms with Crippen LogP contribution in [-0.4, -0.2) is 17.6 Å². The number of aryl methyl sites for hydroxylation is 1. The molecule has 1 aromatic carbocycles. The number of benzene rings is 1. The molecule has 1 aliphatic carbocycles. The van der Waals surface area contributed by atoms with Gasteiger partial charge in [0.05, 0.1) is 0 Å². The third-order valence-corrected chi connectivity index (χ3v) is 4.27. The van der Waals surface area contributed by atoms with Gasteiger partial charge in [-0.05, 0) is 37.8 Å². The Morgan fingerprint density at radius 1 is 1.35 bits per heavy atom. The molecule has 0 bridgehead atoms. The van der Waals surface area contributed by atoms with Crippen LogP contribution in [0.15, 0.2) is 18.2 Å². The van der Waals surface area contributed by atoms with E-state index in [1.165, 1.54) is 36.9 Å². The summed E-state index contributed by atoms with van der Waals surface area (Å²) in [5.74, 6) is 0.635. The highest BCUT2D eigenvalue weighted by Crippen LogP contribution is 2.31. The second-order valence-corrected chi connectivity index (χ2v) is 6.81. The fourth-order valence-electron chi connectivity index (χ4n) is 3.15. The van der Waals surface area contributed by atoms with E-state index in [2.05, 4.69) is 43.9 Å². The summed E-state index contributed by atoms with van der Waals surface area (Å²) < 4.78 is 0. The monoisotopic (exact) mass is 290 g/mol. The van der Waals surface area contributed by atoms with E-state index in [0.717, 1.165) is 12.1 Å². The van der Waals surface area contributed by atoms with Gasteiger partial charge in [0.25, 0.3) is 0 Å². The third kappa shape index (κ3) is 3.51. The molecule has 0 spiro atoms. The van der Waals surface area contributed by atoms with Gasteiger partial charge in [0, 0.05) is 23.8 Å². The average molecular weight is 290 g/mol. The SMILES string of the molecule is Cc1ccc(N(CC(C)C)C2CCCC2)c(C(N)=S)c1. The van der Waals surface area contributed by atoms with Gasteiger partial charge in [0.15, 0.2) is 0 Å². The Labute approximate surface area is 128 Å². The molecular weight excluding hydrogens is 264 g/mol. The van der Waals surface area contributed by atoms with Crippen molar-refractivity contribution in [3.63, 3.8) is 0 Å². The maximum Gasteiger partial charge on any atom is 0.106 e. The zero-order valence-electron chi connectivity index (χ0n) is 12.9. The molecule has 1 aliphatic rings. The zero-order chi connectivity index (χ0) is 14.7. The van der Waals surface area contributed by atoms with Gasteiger partial charge in [-0.2, -0.15) is 0 Å². The summed E-state index contributed by atoms with van der Waals surface area (Å²) in [6.45, 7) is 7.71. The lowest BCUT2D eigenvalue weighted by molar-refractivity contribution is 0.535. The van der Waals surface area contributed by atoms with Crippen molar-refractivity contribution in [3.05, 3.63) is 29.3 Å². The summed E-state index contributed by atoms with van der Waals surface area (Å²) in [5, 5.41) is 0. The summed E-state index contributed by atoms with van der Waals surface area (Å²) in [5.41, 5.74) is 9.43. The first-order chi connectivity index (χ1) is 9.49. The van der Waals surface area contributed by atoms with Crippen LogP contribution >= 0.6 is 12.2 Å². The van der Waals surface area contributed by atoms with E-state index in [9.17, 15) is 0 Å². The first-order valence-electron chi connectivity index (χ1n) is 7.66. The molecule has 1 aromatic rings. The molecule has 0 radical (unpaired) electrons. The lowest BCUT2D eigenvalue weighted by Gasteiger charge is -2.34. The standard InChI is InChI=1S/C17H26N2S/c1-12(2)11-19(14-6-4-5-7-14)16-9-8-13(3)10-15(16)17(18)20/h8-10,12,14H,4-7,11H2,1-3H3,(H2,18,20). The summed E-state index contributed by atoms with van der Waals surface area (Å²) in [4.78, 5) is 3.06. The highest BCUT2D eigenvalue weighted by molar-refractivity contribution is 7.80. The van der Waals surface area contributed by atoms with Gasteiger partial charge in [0.2, 0.25) is 0 Å². The number of rotatable bonds is 5. The minimum atomic E-state index is 0.510. The highest BCUT2D eigenvalue weighted by atomic mass is 32.1. The molecule has 0 atom stereocenters. The number of hydrogen-bond donors (Lipinski definition) is 1. The number of hydrogen-bond acceptors (Lipinski definition) is 2. The van der Waals surface area contributed by atoms with Crippen molar-refractivity contribution >= 4 is 22.9 Å². The minimum Gasteiger partial charge on any atom is -0.389 e. The largest absolute Gasteiger partial charge is 0.389 e. The molecule has 2 N–H and O–H groups in total. The Morgan fingerprint density at radius 3 is 2.55 bits per heavy atom. The molecule has 0 amide bonds. The Kier molecular flexibility index (Phi) is 5.03. The van der Waals surface area contributed by atoms with Crippen LogP contribution in [0, 0.1) is 12.8 Å². The van der Waals surface area contributed by atoms with Crippen LogP contribution in [0.25, 0.3) is 0 Å². The normalized spacial score (nSPS) is 15.8. The van der Waals surface area contributed by atoms with E-state index in [0.29, 0.717) is 16.9 Å². The molecule has 0 saturated heterocycles. The van der Waals surface area contributed by atoms with E-state index in [4.69, 9.17) is 18.0 Å². The van der Waals surface area contributed by atoms with Gasteiger partial charge < -0.3 is 10.6 Å². The topological polar surface area (TPSA) is 29.3 Å². The number of thiocarbonyl (C=S) groups is 1. The first kappa shape index (κ1) is 15.3. The molecule has 0 unspecified atom stereocenters. The second kappa shape index (κ2) is 6.57. The van der Waals surface area contributed by atoms with Crippen molar-refractivity contribution in [1.29, 1.82) is 0 Å². The van der Waals surface area contributed by atoms with Crippen LogP contribution in [0.1, 0.15) is 50.7 Å². The molecule has 0 heterocycles. The maximum absolute atomic E-state index is 5.96. The molecule has 2 nitrogen and oxygen atoms in total. The third-order valence-electron chi connectivity index (χ3n) is 4.05. The predicted octanol–water partition coefficient (Wildman–Crippen LogP) is 4.03. The van der Waals surface area contributed by atoms with Crippen molar-refractivity contribution < 1.29 is 0 Å². The van der Waals surface area contributed by atoms with Gasteiger partial charge in [-0.15, -0.1) is 0 Å². The maximum atomic E-state index is 5.96. The molecule has 20 heavy (non-hydrogen) atoms. The lowest BCUT2D eigenvalue weighted by Crippen LogP contribution is -2.37. The number of nitrogens with zero attached hydrogens (tertiary/aromatic N) is 1. The summed E-state index contributed by atoms with van der Waals surface area (Å²) in [7, 11) is 0. The van der Waals surface area contributed by atoms with Crippen molar-refractivity contribution in [2.75, 3.05) is 11.4 Å². The van der Waals surface area contributed by atoms with Gasteiger partial charge in [-0.1, -0.05) is 50.5 Å². The molecule has 110 valence electrons. The van der Waals surface area contributed by atoms with E-state index >= 15 is 0 Å². The van der Waals surface area contributed by atoms with E-state index in [-0.39, 0.29) is 0 Å². The van der Waals surface area contributed by atoms with Crippen molar-refractivity contribution in [2.24, 2.45) is 11.7 Å². The summed E-state index contributed by atoms with van der Waals surface area (Å²) in [6, 6.07) is 7.14. The molecule has 0 aromatic heterocycles. The van der Waals surface area contributed by atoms with Gasteiger partial charge in [-0.3, -0.25) is 0 Å². The van der Waals surface area contributed by atoms with E-state index in [1.54, 1.807) is 0 Å². The Balaban J connectivity index is 2.39. The molecule has 1 saturated carbocycles. The fraction of sp³-hybridized carbons (Fsp3) is 0.588. The first-order valence-corrected chi connectivity index (χ1v) is 8.07. The van der Waals surface area contributed by atoms with Gasteiger partial charge in [-0.25, -0.2) is 0 Å². The van der Waals surface area contributed by atoms with Crippen LogP contribution in [0.5, 0.6) is 0 Å². The fourth-order valence-corrected chi connectivity index (χ4v) is 3.31. The quantitative estimate of drug-likeness (QED) is 0.830. The zero-order valence-corrected chi connectivity index (χ0v) is 13.7. The van der Waals surface area contributed by atoms with Crippen LogP contribution < -0.4 is 10.6 Å². The Bertz CT molecular complexity index is 476. The molecular formula is C17H26N2S. The number of nitrogens with two attached hydrogens (primary N) is 1. The molecule has 1 fully saturated rings.